The summed E-state index contributed by atoms with van der Waals surface area (Å²) in [4.78, 5) is 16.8. The fourth-order valence-electron chi connectivity index (χ4n) is 2.80. The lowest BCUT2D eigenvalue weighted by Gasteiger charge is -2.18. The minimum absolute atomic E-state index is 0.00471. The minimum Gasteiger partial charge on any atom is -0.347 e. The molecule has 0 unspecified atom stereocenters. The second-order valence-electron chi connectivity index (χ2n) is 6.22. The number of pyridine rings is 1. The maximum Gasteiger partial charge on any atom is 0.220 e. The van der Waals surface area contributed by atoms with Gasteiger partial charge in [-0.1, -0.05) is 18.2 Å². The molecule has 0 aliphatic heterocycles. The van der Waals surface area contributed by atoms with Crippen LogP contribution < -0.4 is 5.32 Å². The first-order chi connectivity index (χ1) is 11.1. The Hall–Kier alpha value is -2.23. The molecule has 1 amide bonds. The van der Waals surface area contributed by atoms with Gasteiger partial charge >= 0.3 is 0 Å². The van der Waals surface area contributed by atoms with Gasteiger partial charge in [-0.05, 0) is 61.9 Å². The molecule has 1 N–H and O–H groups in total. The zero-order valence-electron chi connectivity index (χ0n) is 13.3. The molecule has 1 aromatic heterocycles. The first kappa shape index (κ1) is 15.7. The number of aromatic nitrogens is 1. The highest BCUT2D eigenvalue weighted by molar-refractivity contribution is 5.76. The standard InChI is InChI=1S/C19H21FN2O/c1-13-4-2-7-17(21-13)19(15-9-10-15)22-18(23)11-8-14-5-3-6-16(20)12-14/h2-7,12,15,19H,8-11H2,1H3,(H,22,23)/t19-/m0/s1. The van der Waals surface area contributed by atoms with Gasteiger partial charge in [0.2, 0.25) is 5.91 Å². The van der Waals surface area contributed by atoms with Crippen molar-refractivity contribution in [3.05, 3.63) is 65.2 Å². The largest absolute Gasteiger partial charge is 0.347 e. The lowest BCUT2D eigenvalue weighted by atomic mass is 10.1. The molecule has 1 aromatic carbocycles. The summed E-state index contributed by atoms with van der Waals surface area (Å²) in [5, 5.41) is 3.11. The van der Waals surface area contributed by atoms with Crippen molar-refractivity contribution in [1.82, 2.24) is 10.3 Å². The van der Waals surface area contributed by atoms with Crippen LogP contribution >= 0.6 is 0 Å². The highest BCUT2D eigenvalue weighted by atomic mass is 19.1. The molecule has 1 heterocycles. The monoisotopic (exact) mass is 312 g/mol. The van der Waals surface area contributed by atoms with Gasteiger partial charge in [0.05, 0.1) is 11.7 Å². The molecule has 0 saturated heterocycles. The molecule has 4 heteroatoms. The van der Waals surface area contributed by atoms with E-state index in [0.29, 0.717) is 18.8 Å². The Kier molecular flexibility index (Phi) is 4.70. The summed E-state index contributed by atoms with van der Waals surface area (Å²) in [6, 6.07) is 12.3. The molecule has 0 bridgehead atoms. The van der Waals surface area contributed by atoms with E-state index in [-0.39, 0.29) is 17.8 Å². The first-order valence-corrected chi connectivity index (χ1v) is 8.09. The van der Waals surface area contributed by atoms with Gasteiger partial charge in [-0.15, -0.1) is 0 Å². The SMILES string of the molecule is Cc1cccc([C@@H](NC(=O)CCc2cccc(F)c2)C2CC2)n1. The van der Waals surface area contributed by atoms with Gasteiger partial charge in [-0.3, -0.25) is 9.78 Å². The van der Waals surface area contributed by atoms with Crippen molar-refractivity contribution in [3.63, 3.8) is 0 Å². The molecule has 120 valence electrons. The Bertz CT molecular complexity index is 697. The van der Waals surface area contributed by atoms with Crippen LogP contribution in [0, 0.1) is 18.7 Å². The number of nitrogens with one attached hydrogen (secondary N) is 1. The van der Waals surface area contributed by atoms with Crippen molar-refractivity contribution < 1.29 is 9.18 Å². The molecule has 1 aliphatic rings. The van der Waals surface area contributed by atoms with Crippen molar-refractivity contribution in [2.75, 3.05) is 0 Å². The number of halogens is 1. The van der Waals surface area contributed by atoms with Crippen LogP contribution in [0.25, 0.3) is 0 Å². The number of carbonyl (C=O) groups is 1. The average Bonchev–Trinajstić information content (AvgIpc) is 3.35. The summed E-state index contributed by atoms with van der Waals surface area (Å²) in [5.41, 5.74) is 2.74. The van der Waals surface area contributed by atoms with Crippen LogP contribution in [0.3, 0.4) is 0 Å². The Labute approximate surface area is 135 Å². The lowest BCUT2D eigenvalue weighted by Crippen LogP contribution is -2.30. The van der Waals surface area contributed by atoms with Crippen molar-refractivity contribution in [1.29, 1.82) is 0 Å². The van der Waals surface area contributed by atoms with Gasteiger partial charge in [-0.2, -0.15) is 0 Å². The van der Waals surface area contributed by atoms with E-state index in [4.69, 9.17) is 0 Å². The molecule has 2 aromatic rings. The predicted molar refractivity (Wildman–Crippen MR) is 87.3 cm³/mol. The Morgan fingerprint density at radius 3 is 2.78 bits per heavy atom. The van der Waals surface area contributed by atoms with Crippen LogP contribution in [0.1, 0.15) is 42.3 Å². The zero-order chi connectivity index (χ0) is 16.2. The van der Waals surface area contributed by atoms with E-state index in [9.17, 15) is 9.18 Å². The highest BCUT2D eigenvalue weighted by Crippen LogP contribution is 2.40. The summed E-state index contributed by atoms with van der Waals surface area (Å²) in [7, 11) is 0. The Morgan fingerprint density at radius 2 is 2.09 bits per heavy atom. The molecule has 3 nitrogen and oxygen atoms in total. The quantitative estimate of drug-likeness (QED) is 0.883. The molecule has 3 rings (SSSR count). The fraction of sp³-hybridized carbons (Fsp3) is 0.368. The number of nitrogens with zero attached hydrogens (tertiary/aromatic N) is 1. The van der Waals surface area contributed by atoms with Crippen LogP contribution in [-0.4, -0.2) is 10.9 Å². The van der Waals surface area contributed by atoms with E-state index < -0.39 is 0 Å². The smallest absolute Gasteiger partial charge is 0.220 e. The van der Waals surface area contributed by atoms with Crippen molar-refractivity contribution in [3.8, 4) is 0 Å². The summed E-state index contributed by atoms with van der Waals surface area (Å²) in [6.07, 6.45) is 3.16. The topological polar surface area (TPSA) is 42.0 Å². The molecule has 0 radical (unpaired) electrons. The van der Waals surface area contributed by atoms with Gasteiger partial charge < -0.3 is 5.32 Å². The van der Waals surface area contributed by atoms with Crippen molar-refractivity contribution in [2.45, 2.75) is 38.6 Å². The third-order valence-electron chi connectivity index (χ3n) is 4.17. The fourth-order valence-corrected chi connectivity index (χ4v) is 2.80. The molecular weight excluding hydrogens is 291 g/mol. The molecule has 1 saturated carbocycles. The van der Waals surface area contributed by atoms with Gasteiger partial charge in [0.15, 0.2) is 0 Å². The lowest BCUT2D eigenvalue weighted by molar-refractivity contribution is -0.122. The second-order valence-corrected chi connectivity index (χ2v) is 6.22. The molecule has 0 spiro atoms. The number of hydrogen-bond donors (Lipinski definition) is 1. The summed E-state index contributed by atoms with van der Waals surface area (Å²) >= 11 is 0. The normalized spacial score (nSPS) is 15.2. The van der Waals surface area contributed by atoms with E-state index >= 15 is 0 Å². The number of benzene rings is 1. The van der Waals surface area contributed by atoms with E-state index in [1.54, 1.807) is 6.07 Å². The number of aryl methyl sites for hydroxylation is 2. The van der Waals surface area contributed by atoms with Crippen LogP contribution in [0.15, 0.2) is 42.5 Å². The molecule has 1 atom stereocenters. The van der Waals surface area contributed by atoms with E-state index in [2.05, 4.69) is 10.3 Å². The van der Waals surface area contributed by atoms with Gasteiger partial charge in [0.25, 0.3) is 0 Å². The summed E-state index contributed by atoms with van der Waals surface area (Å²) in [5.74, 6) is 0.222. The molecular formula is C19H21FN2O. The van der Waals surface area contributed by atoms with Crippen LogP contribution in [0.5, 0.6) is 0 Å². The molecule has 1 aliphatic carbocycles. The number of carbonyl (C=O) groups excluding carboxylic acids is 1. The van der Waals surface area contributed by atoms with E-state index in [0.717, 1.165) is 29.8 Å². The third kappa shape index (κ3) is 4.38. The van der Waals surface area contributed by atoms with Gasteiger partial charge in [0.1, 0.15) is 5.82 Å². The summed E-state index contributed by atoms with van der Waals surface area (Å²) < 4.78 is 13.2. The van der Waals surface area contributed by atoms with E-state index in [1.807, 2.05) is 31.2 Å². The van der Waals surface area contributed by atoms with E-state index in [1.165, 1.54) is 12.1 Å². The van der Waals surface area contributed by atoms with Crippen molar-refractivity contribution in [2.24, 2.45) is 5.92 Å². The van der Waals surface area contributed by atoms with Crippen LogP contribution in [0.2, 0.25) is 0 Å². The minimum atomic E-state index is -0.261. The van der Waals surface area contributed by atoms with Crippen LogP contribution in [0.4, 0.5) is 4.39 Å². The Morgan fingerprint density at radius 1 is 1.30 bits per heavy atom. The maximum absolute atomic E-state index is 13.2. The second kappa shape index (κ2) is 6.90. The van der Waals surface area contributed by atoms with Gasteiger partial charge in [-0.25, -0.2) is 4.39 Å². The van der Waals surface area contributed by atoms with Gasteiger partial charge in [0, 0.05) is 12.1 Å². The molecule has 23 heavy (non-hydrogen) atoms. The predicted octanol–water partition coefficient (Wildman–Crippen LogP) is 3.73. The first-order valence-electron chi connectivity index (χ1n) is 8.09. The Balaban J connectivity index is 1.60. The third-order valence-corrected chi connectivity index (χ3v) is 4.17. The maximum atomic E-state index is 13.2. The van der Waals surface area contributed by atoms with Crippen LogP contribution in [-0.2, 0) is 11.2 Å². The zero-order valence-corrected chi connectivity index (χ0v) is 13.3. The number of amides is 1. The number of hydrogen-bond acceptors (Lipinski definition) is 2. The summed E-state index contributed by atoms with van der Waals surface area (Å²) in [6.45, 7) is 1.96. The average molecular weight is 312 g/mol. The van der Waals surface area contributed by atoms with Crippen molar-refractivity contribution >= 4 is 5.91 Å². The molecule has 1 fully saturated rings. The highest BCUT2D eigenvalue weighted by Gasteiger charge is 2.34. The number of rotatable bonds is 6.